The van der Waals surface area contributed by atoms with Crippen molar-refractivity contribution in [2.45, 2.75) is 25.1 Å². The van der Waals surface area contributed by atoms with Gasteiger partial charge in [-0.15, -0.1) is 10.2 Å². The Morgan fingerprint density at radius 2 is 1.74 bits per heavy atom. The van der Waals surface area contributed by atoms with Crippen LogP contribution in [-0.4, -0.2) is 60.6 Å². The fraction of sp³-hybridized carbons (Fsp3) is 0.261. The average molecular weight is 569 g/mol. The van der Waals surface area contributed by atoms with Crippen LogP contribution in [0.15, 0.2) is 53.3 Å². The summed E-state index contributed by atoms with van der Waals surface area (Å²) < 4.78 is 54.8. The molecule has 0 atom stereocenters. The lowest BCUT2D eigenvalue weighted by atomic mass is 10.2. The molecule has 1 aliphatic rings. The molecule has 5 rings (SSSR count). The lowest BCUT2D eigenvalue weighted by Gasteiger charge is -2.29. The van der Waals surface area contributed by atoms with Crippen LogP contribution >= 0.6 is 23.2 Å². The third kappa shape index (κ3) is 4.85. The molecule has 0 aliphatic carbocycles. The minimum atomic E-state index is -4.93. The monoisotopic (exact) mass is 568 g/mol. The molecule has 0 N–H and O–H groups in total. The van der Waals surface area contributed by atoms with Crippen molar-refractivity contribution >= 4 is 29.5 Å². The SMILES string of the molecule is O=Cc1nc(Cn2nc(-c3ccc(Cl)cc3)n(CC3(C(F)(F)F)OCCO3)c2=O)nn1-c1cccc(Cl)c1. The number of ether oxygens (including phenoxy) is 2. The normalized spacial score (nSPS) is 15.2. The van der Waals surface area contributed by atoms with E-state index in [2.05, 4.69) is 15.2 Å². The van der Waals surface area contributed by atoms with E-state index in [9.17, 15) is 22.8 Å². The number of carbonyl (C=O) groups is 1. The Labute approximate surface area is 222 Å². The number of rotatable bonds is 7. The standard InChI is InChI=1S/C23H17Cl2F3N6O4/c24-15-6-4-14(5-7-15)20-31-33(21(36)32(20)13-22(23(26,27)28)37-8-9-38-22)11-18-29-19(12-35)34(30-18)17-3-1-2-16(25)10-17/h1-7,10,12H,8-9,11,13H2. The topological polar surface area (TPSA) is 106 Å². The molecule has 0 saturated carbocycles. The average Bonchev–Trinajstić information content (AvgIpc) is 3.59. The van der Waals surface area contributed by atoms with Gasteiger partial charge in [0.15, 0.2) is 23.8 Å². The summed E-state index contributed by atoms with van der Waals surface area (Å²) in [5.41, 5.74) is -0.128. The molecular weight excluding hydrogens is 552 g/mol. The van der Waals surface area contributed by atoms with Crippen molar-refractivity contribution in [3.8, 4) is 17.1 Å². The largest absolute Gasteiger partial charge is 0.445 e. The van der Waals surface area contributed by atoms with Crippen LogP contribution in [0, 0.1) is 0 Å². The number of alkyl halides is 3. The summed E-state index contributed by atoms with van der Waals surface area (Å²) in [5.74, 6) is -3.17. The highest BCUT2D eigenvalue weighted by atomic mass is 35.5. The predicted molar refractivity (Wildman–Crippen MR) is 128 cm³/mol. The quantitative estimate of drug-likeness (QED) is 0.312. The maximum Gasteiger partial charge on any atom is 0.445 e. The van der Waals surface area contributed by atoms with E-state index in [1.807, 2.05) is 0 Å². The molecule has 0 unspecified atom stereocenters. The Morgan fingerprint density at radius 1 is 1.03 bits per heavy atom. The van der Waals surface area contributed by atoms with Crippen molar-refractivity contribution in [1.82, 2.24) is 29.1 Å². The molecule has 198 valence electrons. The zero-order chi connectivity index (χ0) is 27.1. The van der Waals surface area contributed by atoms with Gasteiger partial charge in [-0.25, -0.2) is 19.1 Å². The molecule has 1 saturated heterocycles. The highest BCUT2D eigenvalue weighted by Gasteiger charge is 2.60. The summed E-state index contributed by atoms with van der Waals surface area (Å²) in [6.45, 7) is -1.94. The first-order chi connectivity index (χ1) is 18.1. The molecule has 38 heavy (non-hydrogen) atoms. The number of nitrogens with zero attached hydrogens (tertiary/aromatic N) is 6. The van der Waals surface area contributed by atoms with Gasteiger partial charge in [0.05, 0.1) is 25.4 Å². The summed E-state index contributed by atoms with van der Waals surface area (Å²) in [6, 6.07) is 12.5. The summed E-state index contributed by atoms with van der Waals surface area (Å²) in [5, 5.41) is 9.31. The van der Waals surface area contributed by atoms with Crippen molar-refractivity contribution in [3.63, 3.8) is 0 Å². The van der Waals surface area contributed by atoms with Crippen molar-refractivity contribution in [3.05, 3.63) is 80.7 Å². The number of aromatic nitrogens is 6. The van der Waals surface area contributed by atoms with E-state index in [-0.39, 0.29) is 37.2 Å². The number of carbonyl (C=O) groups excluding carboxylic acids is 1. The molecule has 2 aromatic carbocycles. The molecule has 10 nitrogen and oxygen atoms in total. The zero-order valence-electron chi connectivity index (χ0n) is 19.2. The molecule has 0 spiro atoms. The van der Waals surface area contributed by atoms with E-state index < -0.39 is 24.2 Å². The third-order valence-corrected chi connectivity index (χ3v) is 6.19. The maximum absolute atomic E-state index is 14.0. The number of hydrogen-bond donors (Lipinski definition) is 0. The molecule has 0 radical (unpaired) electrons. The van der Waals surface area contributed by atoms with Crippen LogP contribution in [0.3, 0.4) is 0 Å². The van der Waals surface area contributed by atoms with Gasteiger partial charge in [0.25, 0.3) is 5.79 Å². The van der Waals surface area contributed by atoms with Gasteiger partial charge in [-0.3, -0.25) is 9.36 Å². The molecule has 1 aliphatic heterocycles. The molecule has 4 aromatic rings. The number of benzene rings is 2. The summed E-state index contributed by atoms with van der Waals surface area (Å²) in [4.78, 5) is 29.1. The number of aldehydes is 1. The first-order valence-corrected chi connectivity index (χ1v) is 11.8. The predicted octanol–water partition coefficient (Wildman–Crippen LogP) is 3.77. The van der Waals surface area contributed by atoms with Crippen LogP contribution in [-0.2, 0) is 22.6 Å². The lowest BCUT2D eigenvalue weighted by molar-refractivity contribution is -0.348. The molecule has 0 bridgehead atoms. The lowest BCUT2D eigenvalue weighted by Crippen LogP contribution is -2.51. The number of hydrogen-bond acceptors (Lipinski definition) is 7. The third-order valence-electron chi connectivity index (χ3n) is 5.70. The zero-order valence-corrected chi connectivity index (χ0v) is 20.7. The summed E-state index contributed by atoms with van der Waals surface area (Å²) in [6.07, 6.45) is -4.46. The minimum absolute atomic E-state index is 0.0142. The van der Waals surface area contributed by atoms with Gasteiger partial charge in [-0.2, -0.15) is 13.2 Å². The Bertz CT molecular complexity index is 1540. The molecule has 0 amide bonds. The van der Waals surface area contributed by atoms with Gasteiger partial charge >= 0.3 is 11.9 Å². The van der Waals surface area contributed by atoms with Crippen molar-refractivity contribution in [2.75, 3.05) is 13.2 Å². The van der Waals surface area contributed by atoms with E-state index in [4.69, 9.17) is 32.7 Å². The van der Waals surface area contributed by atoms with Crippen LogP contribution < -0.4 is 5.69 Å². The fourth-order valence-electron chi connectivity index (χ4n) is 3.95. The second-order valence-electron chi connectivity index (χ2n) is 8.20. The summed E-state index contributed by atoms with van der Waals surface area (Å²) >= 11 is 12.0. The van der Waals surface area contributed by atoms with Gasteiger partial charge in [-0.1, -0.05) is 29.3 Å². The maximum atomic E-state index is 14.0. The van der Waals surface area contributed by atoms with Crippen LogP contribution in [0.4, 0.5) is 13.2 Å². The smallest absolute Gasteiger partial charge is 0.339 e. The van der Waals surface area contributed by atoms with Crippen LogP contribution in [0.1, 0.15) is 16.4 Å². The molecule has 3 heterocycles. The highest BCUT2D eigenvalue weighted by molar-refractivity contribution is 6.31. The Kier molecular flexibility index (Phi) is 6.86. The van der Waals surface area contributed by atoms with Gasteiger partial charge in [-0.05, 0) is 42.5 Å². The Morgan fingerprint density at radius 3 is 2.37 bits per heavy atom. The first kappa shape index (κ1) is 26.1. The van der Waals surface area contributed by atoms with Gasteiger partial charge < -0.3 is 9.47 Å². The second-order valence-corrected chi connectivity index (χ2v) is 9.07. The van der Waals surface area contributed by atoms with Crippen LogP contribution in [0.5, 0.6) is 0 Å². The van der Waals surface area contributed by atoms with E-state index >= 15 is 0 Å². The van der Waals surface area contributed by atoms with Gasteiger partial charge in [0.2, 0.25) is 0 Å². The van der Waals surface area contributed by atoms with E-state index in [1.165, 1.54) is 28.9 Å². The Hall–Kier alpha value is -3.52. The molecule has 1 fully saturated rings. The highest BCUT2D eigenvalue weighted by Crippen LogP contribution is 2.39. The van der Waals surface area contributed by atoms with Gasteiger partial charge in [0, 0.05) is 15.6 Å². The van der Waals surface area contributed by atoms with E-state index in [0.29, 0.717) is 27.6 Å². The van der Waals surface area contributed by atoms with Crippen molar-refractivity contribution in [2.24, 2.45) is 0 Å². The minimum Gasteiger partial charge on any atom is -0.339 e. The van der Waals surface area contributed by atoms with E-state index in [0.717, 1.165) is 9.25 Å². The van der Waals surface area contributed by atoms with Crippen molar-refractivity contribution in [1.29, 1.82) is 0 Å². The van der Waals surface area contributed by atoms with Crippen LogP contribution in [0.25, 0.3) is 17.1 Å². The molecular formula is C23H17Cl2F3N6O4. The first-order valence-electron chi connectivity index (χ1n) is 11.1. The number of halogens is 5. The van der Waals surface area contributed by atoms with E-state index in [1.54, 1.807) is 24.3 Å². The fourth-order valence-corrected chi connectivity index (χ4v) is 4.26. The summed E-state index contributed by atoms with van der Waals surface area (Å²) in [7, 11) is 0. The van der Waals surface area contributed by atoms with Crippen LogP contribution in [0.2, 0.25) is 10.0 Å². The molecule has 2 aromatic heterocycles. The second kappa shape index (κ2) is 9.98. The van der Waals surface area contributed by atoms with Crippen molar-refractivity contribution < 1.29 is 27.4 Å². The van der Waals surface area contributed by atoms with Gasteiger partial charge in [0.1, 0.15) is 6.54 Å². The molecule has 15 heteroatoms. The Balaban J connectivity index is 1.57.